The van der Waals surface area contributed by atoms with Gasteiger partial charge in [-0.05, 0) is 62.6 Å². The molecule has 0 spiro atoms. The first-order valence-electron chi connectivity index (χ1n) is 10.1. The SMILES string of the molecule is CCO[Si](C)(CCCN(CC)[Si](C(C)C)(C(C)C)C(C)C)OCC. The summed E-state index contributed by atoms with van der Waals surface area (Å²) in [6.45, 7) is 27.3. The minimum Gasteiger partial charge on any atom is -0.395 e. The highest BCUT2D eigenvalue weighted by molar-refractivity contribution is 6.81. The molecule has 0 saturated heterocycles. The zero-order chi connectivity index (χ0) is 19.0. The van der Waals surface area contributed by atoms with E-state index in [2.05, 4.69) is 73.4 Å². The Kier molecular flexibility index (Phi) is 11.3. The van der Waals surface area contributed by atoms with Crippen LogP contribution in [0.25, 0.3) is 0 Å². The monoisotopic (exact) mass is 375 g/mol. The van der Waals surface area contributed by atoms with Gasteiger partial charge in [0.25, 0.3) is 0 Å². The van der Waals surface area contributed by atoms with Crippen molar-refractivity contribution in [2.24, 2.45) is 0 Å². The van der Waals surface area contributed by atoms with Gasteiger partial charge in [-0.15, -0.1) is 0 Å². The highest BCUT2D eigenvalue weighted by atomic mass is 28.4. The fraction of sp³-hybridized carbons (Fsp3) is 1.00. The second kappa shape index (κ2) is 11.1. The smallest absolute Gasteiger partial charge is 0.334 e. The number of hydrogen-bond acceptors (Lipinski definition) is 3. The molecule has 0 N–H and O–H groups in total. The maximum absolute atomic E-state index is 6.02. The number of hydrogen-bond donors (Lipinski definition) is 0. The maximum atomic E-state index is 6.02. The molecule has 146 valence electrons. The van der Waals surface area contributed by atoms with Gasteiger partial charge >= 0.3 is 8.56 Å². The number of rotatable bonds is 13. The predicted octanol–water partition coefficient (Wildman–Crippen LogP) is 6.02. The first-order valence-corrected chi connectivity index (χ1v) is 14.8. The Morgan fingerprint density at radius 2 is 1.21 bits per heavy atom. The quantitative estimate of drug-likeness (QED) is 0.367. The van der Waals surface area contributed by atoms with Gasteiger partial charge in [-0.25, -0.2) is 0 Å². The molecule has 0 unspecified atom stereocenters. The molecule has 0 radical (unpaired) electrons. The molecule has 0 aliphatic rings. The van der Waals surface area contributed by atoms with E-state index in [-0.39, 0.29) is 0 Å². The summed E-state index contributed by atoms with van der Waals surface area (Å²) in [7, 11) is -3.50. The molecule has 3 nitrogen and oxygen atoms in total. The van der Waals surface area contributed by atoms with Crippen LogP contribution in [0.1, 0.15) is 68.7 Å². The second-order valence-electron chi connectivity index (χ2n) is 8.03. The Balaban J connectivity index is 5.13. The van der Waals surface area contributed by atoms with E-state index in [0.29, 0.717) is 0 Å². The van der Waals surface area contributed by atoms with Crippen molar-refractivity contribution in [1.29, 1.82) is 0 Å². The molecule has 24 heavy (non-hydrogen) atoms. The van der Waals surface area contributed by atoms with E-state index in [1.165, 1.54) is 19.5 Å². The summed E-state index contributed by atoms with van der Waals surface area (Å²) in [5, 5.41) is 0. The lowest BCUT2D eigenvalue weighted by atomic mass is 10.5. The molecule has 0 rings (SSSR count). The molecule has 0 aromatic heterocycles. The Hall–Kier alpha value is 0.314. The summed E-state index contributed by atoms with van der Waals surface area (Å²) >= 11 is 0. The van der Waals surface area contributed by atoms with Gasteiger partial charge in [-0.2, -0.15) is 0 Å². The van der Waals surface area contributed by atoms with Crippen LogP contribution in [0.15, 0.2) is 0 Å². The molecule has 0 saturated carbocycles. The van der Waals surface area contributed by atoms with Gasteiger partial charge in [0.05, 0.1) is 0 Å². The van der Waals surface area contributed by atoms with Gasteiger partial charge in [0, 0.05) is 13.2 Å². The fourth-order valence-corrected chi connectivity index (χ4v) is 14.8. The standard InChI is InChI=1S/C19H45NO2Si2/c1-11-20(24(17(4)5,18(6)7)19(8)9)15-14-16-23(10,21-12-2)22-13-3/h17-19H,11-16H2,1-10H3. The zero-order valence-electron chi connectivity index (χ0n) is 18.2. The van der Waals surface area contributed by atoms with Gasteiger partial charge in [0.15, 0.2) is 0 Å². The molecule has 0 aliphatic heterocycles. The third kappa shape index (κ3) is 5.94. The van der Waals surface area contributed by atoms with Crippen LogP contribution in [0.4, 0.5) is 0 Å². The highest BCUT2D eigenvalue weighted by Crippen LogP contribution is 2.44. The molecular formula is C19H45NO2Si2. The van der Waals surface area contributed by atoms with Crippen LogP contribution in [0.2, 0.25) is 29.2 Å². The molecule has 0 atom stereocenters. The van der Waals surface area contributed by atoms with Gasteiger partial charge in [-0.3, -0.25) is 0 Å². The molecule has 0 aliphatic carbocycles. The second-order valence-corrected chi connectivity index (χ2v) is 17.3. The topological polar surface area (TPSA) is 21.7 Å². The minimum atomic E-state index is -1.98. The van der Waals surface area contributed by atoms with Crippen LogP contribution in [0.3, 0.4) is 0 Å². The van der Waals surface area contributed by atoms with Crippen molar-refractivity contribution >= 4 is 16.8 Å². The lowest BCUT2D eigenvalue weighted by molar-refractivity contribution is 0.187. The molecule has 0 bridgehead atoms. The summed E-state index contributed by atoms with van der Waals surface area (Å²) < 4.78 is 14.9. The summed E-state index contributed by atoms with van der Waals surface area (Å²) in [5.41, 5.74) is 2.33. The summed E-state index contributed by atoms with van der Waals surface area (Å²) in [4.78, 5) is 0. The van der Waals surface area contributed by atoms with Crippen molar-refractivity contribution in [2.45, 2.75) is 97.9 Å². The van der Waals surface area contributed by atoms with Gasteiger partial charge in [-0.1, -0.05) is 48.5 Å². The largest absolute Gasteiger partial charge is 0.395 e. The minimum absolute atomic E-state index is 0.767. The third-order valence-electron chi connectivity index (χ3n) is 5.66. The summed E-state index contributed by atoms with van der Waals surface area (Å²) in [6.07, 6.45) is 1.19. The molecule has 5 heteroatoms. The summed E-state index contributed by atoms with van der Waals surface area (Å²) in [5.74, 6) is 0. The third-order valence-corrected chi connectivity index (χ3v) is 15.9. The Labute approximate surface area is 154 Å². The Bertz CT molecular complexity index is 308. The van der Waals surface area contributed by atoms with Crippen molar-refractivity contribution < 1.29 is 8.85 Å². The van der Waals surface area contributed by atoms with Gasteiger partial charge < -0.3 is 13.4 Å². The summed E-state index contributed by atoms with van der Waals surface area (Å²) in [6, 6.07) is 1.10. The average molecular weight is 376 g/mol. The van der Waals surface area contributed by atoms with Crippen LogP contribution in [-0.4, -0.2) is 47.7 Å². The zero-order valence-corrected chi connectivity index (χ0v) is 20.2. The van der Waals surface area contributed by atoms with E-state index < -0.39 is 16.8 Å². The first-order chi connectivity index (χ1) is 11.1. The van der Waals surface area contributed by atoms with Crippen molar-refractivity contribution in [3.8, 4) is 0 Å². The molecular weight excluding hydrogens is 330 g/mol. The molecule has 0 aromatic carbocycles. The van der Waals surface area contributed by atoms with Gasteiger partial charge in [0.2, 0.25) is 0 Å². The lowest BCUT2D eigenvalue weighted by Crippen LogP contribution is -2.60. The van der Waals surface area contributed by atoms with Crippen molar-refractivity contribution in [1.82, 2.24) is 4.57 Å². The van der Waals surface area contributed by atoms with Crippen molar-refractivity contribution in [3.05, 3.63) is 0 Å². The van der Waals surface area contributed by atoms with E-state index in [1.807, 2.05) is 0 Å². The molecule has 0 fully saturated rings. The van der Waals surface area contributed by atoms with Crippen LogP contribution in [-0.2, 0) is 8.85 Å². The Morgan fingerprint density at radius 1 is 0.792 bits per heavy atom. The van der Waals surface area contributed by atoms with Crippen molar-refractivity contribution in [2.75, 3.05) is 26.3 Å². The highest BCUT2D eigenvalue weighted by Gasteiger charge is 2.47. The predicted molar refractivity (Wildman–Crippen MR) is 113 cm³/mol. The fourth-order valence-electron chi connectivity index (χ4n) is 5.11. The van der Waals surface area contributed by atoms with E-state index in [9.17, 15) is 0 Å². The van der Waals surface area contributed by atoms with E-state index in [1.54, 1.807) is 0 Å². The van der Waals surface area contributed by atoms with E-state index >= 15 is 0 Å². The Morgan fingerprint density at radius 3 is 1.50 bits per heavy atom. The van der Waals surface area contributed by atoms with Crippen LogP contribution in [0, 0.1) is 0 Å². The molecule has 0 amide bonds. The van der Waals surface area contributed by atoms with Crippen LogP contribution >= 0.6 is 0 Å². The maximum Gasteiger partial charge on any atom is 0.334 e. The lowest BCUT2D eigenvalue weighted by Gasteiger charge is -2.51. The van der Waals surface area contributed by atoms with Crippen LogP contribution < -0.4 is 0 Å². The molecule has 0 aromatic rings. The normalized spacial score (nSPS) is 13.8. The van der Waals surface area contributed by atoms with Crippen molar-refractivity contribution in [3.63, 3.8) is 0 Å². The van der Waals surface area contributed by atoms with E-state index in [4.69, 9.17) is 8.85 Å². The van der Waals surface area contributed by atoms with Gasteiger partial charge in [0.1, 0.15) is 8.24 Å². The van der Waals surface area contributed by atoms with E-state index in [0.717, 1.165) is 35.9 Å². The number of nitrogens with zero attached hydrogens (tertiary/aromatic N) is 1. The molecule has 0 heterocycles. The average Bonchev–Trinajstić information content (AvgIpc) is 2.45. The van der Waals surface area contributed by atoms with Crippen LogP contribution in [0.5, 0.6) is 0 Å². The first kappa shape index (κ1) is 24.3.